The molecule has 0 heterocycles. The van der Waals surface area contributed by atoms with Crippen LogP contribution in [0.5, 0.6) is 5.75 Å². The minimum absolute atomic E-state index is 0.0381. The summed E-state index contributed by atoms with van der Waals surface area (Å²) in [5.41, 5.74) is 0. The summed E-state index contributed by atoms with van der Waals surface area (Å²) in [4.78, 5) is 11.9. The van der Waals surface area contributed by atoms with Crippen LogP contribution in [0.2, 0.25) is 0 Å². The van der Waals surface area contributed by atoms with Gasteiger partial charge in [0.1, 0.15) is 11.5 Å². The van der Waals surface area contributed by atoms with Crippen molar-refractivity contribution >= 4 is 16.6 Å². The van der Waals surface area contributed by atoms with Crippen molar-refractivity contribution in [1.82, 2.24) is 0 Å². The topological polar surface area (TPSA) is 43.4 Å². The Bertz CT molecular complexity index is 428. The lowest BCUT2D eigenvalue weighted by molar-refractivity contribution is -0.117. The summed E-state index contributed by atoms with van der Waals surface area (Å²) in [7, 11) is 0.429. The van der Waals surface area contributed by atoms with Gasteiger partial charge in [-0.05, 0) is 18.6 Å². The molecule has 0 saturated heterocycles. The van der Waals surface area contributed by atoms with E-state index >= 15 is 0 Å². The lowest BCUT2D eigenvalue weighted by Gasteiger charge is -2.11. The Morgan fingerprint density at radius 1 is 1.38 bits per heavy atom. The Balaban J connectivity index is 2.23. The SMILES string of the molecule is COc1ccccc1S(=O)C1CCC(=O)C1. The molecule has 2 rings (SSSR count). The number of hydrogen-bond acceptors (Lipinski definition) is 3. The van der Waals surface area contributed by atoms with E-state index in [4.69, 9.17) is 4.74 Å². The summed E-state index contributed by atoms with van der Waals surface area (Å²) < 4.78 is 17.4. The van der Waals surface area contributed by atoms with Crippen LogP contribution in [0.4, 0.5) is 0 Å². The molecule has 0 N–H and O–H groups in total. The van der Waals surface area contributed by atoms with Gasteiger partial charge in [0, 0.05) is 18.1 Å². The predicted molar refractivity (Wildman–Crippen MR) is 62.0 cm³/mol. The number of Topliss-reactive ketones (excluding diaryl/α,β-unsaturated/α-hetero) is 1. The van der Waals surface area contributed by atoms with Gasteiger partial charge in [-0.1, -0.05) is 12.1 Å². The second kappa shape index (κ2) is 4.78. The van der Waals surface area contributed by atoms with Gasteiger partial charge >= 0.3 is 0 Å². The van der Waals surface area contributed by atoms with Crippen molar-refractivity contribution in [2.75, 3.05) is 7.11 Å². The number of rotatable bonds is 3. The van der Waals surface area contributed by atoms with Crippen molar-refractivity contribution < 1.29 is 13.7 Å². The first-order valence-electron chi connectivity index (χ1n) is 5.27. The molecular formula is C12H14O3S. The van der Waals surface area contributed by atoms with Gasteiger partial charge in [-0.25, -0.2) is 0 Å². The number of carbonyl (C=O) groups excluding carboxylic acids is 1. The lowest BCUT2D eigenvalue weighted by Crippen LogP contribution is -2.12. The molecule has 2 unspecified atom stereocenters. The van der Waals surface area contributed by atoms with Gasteiger partial charge in [0.15, 0.2) is 0 Å². The van der Waals surface area contributed by atoms with Crippen LogP contribution in [0, 0.1) is 0 Å². The summed E-state index contributed by atoms with van der Waals surface area (Å²) in [5.74, 6) is 0.855. The van der Waals surface area contributed by atoms with Crippen molar-refractivity contribution in [3.05, 3.63) is 24.3 Å². The number of hydrogen-bond donors (Lipinski definition) is 0. The second-order valence-corrected chi connectivity index (χ2v) is 5.55. The van der Waals surface area contributed by atoms with Gasteiger partial charge in [0.05, 0.1) is 22.8 Å². The van der Waals surface area contributed by atoms with Gasteiger partial charge in [0.25, 0.3) is 0 Å². The first-order valence-corrected chi connectivity index (χ1v) is 6.49. The van der Waals surface area contributed by atoms with E-state index in [0.29, 0.717) is 23.5 Å². The highest BCUT2D eigenvalue weighted by atomic mass is 32.2. The molecule has 1 aliphatic carbocycles. The zero-order valence-corrected chi connectivity index (χ0v) is 9.96. The number of methoxy groups -OCH3 is 1. The minimum atomic E-state index is -1.14. The summed E-state index contributed by atoms with van der Waals surface area (Å²) in [6, 6.07) is 7.29. The fourth-order valence-electron chi connectivity index (χ4n) is 1.93. The Hall–Kier alpha value is -1.16. The zero-order chi connectivity index (χ0) is 11.5. The van der Waals surface area contributed by atoms with Crippen molar-refractivity contribution in [2.45, 2.75) is 29.4 Å². The van der Waals surface area contributed by atoms with Crippen LogP contribution in [0.15, 0.2) is 29.2 Å². The van der Waals surface area contributed by atoms with Crippen LogP contribution >= 0.6 is 0 Å². The Kier molecular flexibility index (Phi) is 3.39. The maximum atomic E-state index is 12.3. The average Bonchev–Trinajstić information content (AvgIpc) is 2.75. The van der Waals surface area contributed by atoms with Crippen molar-refractivity contribution in [3.8, 4) is 5.75 Å². The summed E-state index contributed by atoms with van der Waals surface area (Å²) in [6.07, 6.45) is 1.72. The van der Waals surface area contributed by atoms with Gasteiger partial charge in [0.2, 0.25) is 0 Å². The third-order valence-electron chi connectivity index (χ3n) is 2.79. The van der Waals surface area contributed by atoms with Crippen LogP contribution in [0.1, 0.15) is 19.3 Å². The maximum absolute atomic E-state index is 12.3. The Labute approximate surface area is 97.3 Å². The standard InChI is InChI=1S/C12H14O3S/c1-15-11-4-2-3-5-12(11)16(14)10-7-6-9(13)8-10/h2-5,10H,6-8H2,1H3. The average molecular weight is 238 g/mol. The third kappa shape index (κ3) is 2.16. The third-order valence-corrected chi connectivity index (χ3v) is 4.57. The van der Waals surface area contributed by atoms with Crippen LogP contribution < -0.4 is 4.74 Å². The summed E-state index contributed by atoms with van der Waals surface area (Å²) >= 11 is 0. The number of benzene rings is 1. The molecule has 0 aliphatic heterocycles. The molecule has 1 saturated carbocycles. The second-order valence-electron chi connectivity index (χ2n) is 3.85. The molecule has 0 amide bonds. The molecule has 2 atom stereocenters. The lowest BCUT2D eigenvalue weighted by atomic mass is 10.3. The van der Waals surface area contributed by atoms with E-state index in [-0.39, 0.29) is 11.0 Å². The van der Waals surface area contributed by atoms with Gasteiger partial charge < -0.3 is 4.74 Å². The molecule has 1 aliphatic rings. The molecule has 1 fully saturated rings. The molecule has 0 radical (unpaired) electrons. The first-order chi connectivity index (χ1) is 7.72. The number of ether oxygens (including phenoxy) is 1. The molecule has 86 valence electrons. The van der Waals surface area contributed by atoms with Crippen molar-refractivity contribution in [1.29, 1.82) is 0 Å². The predicted octanol–water partition coefficient (Wildman–Crippen LogP) is 1.92. The highest BCUT2D eigenvalue weighted by Gasteiger charge is 2.29. The quantitative estimate of drug-likeness (QED) is 0.808. The maximum Gasteiger partial charge on any atom is 0.134 e. The van der Waals surface area contributed by atoms with Crippen LogP contribution in [0.25, 0.3) is 0 Å². The highest BCUT2D eigenvalue weighted by Crippen LogP contribution is 2.29. The van der Waals surface area contributed by atoms with E-state index in [1.165, 1.54) is 0 Å². The van der Waals surface area contributed by atoms with E-state index in [9.17, 15) is 9.00 Å². The van der Waals surface area contributed by atoms with E-state index in [1.54, 1.807) is 19.2 Å². The Morgan fingerprint density at radius 3 is 2.75 bits per heavy atom. The molecule has 0 bridgehead atoms. The van der Waals surface area contributed by atoms with E-state index in [2.05, 4.69) is 0 Å². The summed E-state index contributed by atoms with van der Waals surface area (Å²) in [6.45, 7) is 0. The van der Waals surface area contributed by atoms with Gasteiger partial charge in [-0.2, -0.15) is 0 Å². The minimum Gasteiger partial charge on any atom is -0.495 e. The monoisotopic (exact) mass is 238 g/mol. The van der Waals surface area contributed by atoms with Crippen molar-refractivity contribution in [2.24, 2.45) is 0 Å². The number of carbonyl (C=O) groups is 1. The van der Waals surface area contributed by atoms with Crippen LogP contribution in [0.3, 0.4) is 0 Å². The van der Waals surface area contributed by atoms with E-state index in [1.807, 2.05) is 12.1 Å². The Morgan fingerprint density at radius 2 is 2.12 bits per heavy atom. The van der Waals surface area contributed by atoms with Crippen LogP contribution in [-0.2, 0) is 15.6 Å². The highest BCUT2D eigenvalue weighted by molar-refractivity contribution is 7.85. The fraction of sp³-hybridized carbons (Fsp3) is 0.417. The molecule has 0 aromatic heterocycles. The van der Waals surface area contributed by atoms with Crippen LogP contribution in [-0.4, -0.2) is 22.4 Å². The molecule has 0 spiro atoms. The number of para-hydroxylation sites is 1. The molecular weight excluding hydrogens is 224 g/mol. The van der Waals surface area contributed by atoms with E-state index < -0.39 is 10.8 Å². The molecule has 3 nitrogen and oxygen atoms in total. The molecule has 4 heteroatoms. The van der Waals surface area contributed by atoms with Gasteiger partial charge in [-0.3, -0.25) is 9.00 Å². The normalized spacial score (nSPS) is 22.1. The smallest absolute Gasteiger partial charge is 0.134 e. The first kappa shape index (κ1) is 11.3. The van der Waals surface area contributed by atoms with Gasteiger partial charge in [-0.15, -0.1) is 0 Å². The molecule has 1 aromatic rings. The largest absolute Gasteiger partial charge is 0.495 e. The molecule has 16 heavy (non-hydrogen) atoms. The summed E-state index contributed by atoms with van der Waals surface area (Å²) in [5, 5.41) is -0.0381. The molecule has 1 aromatic carbocycles. The van der Waals surface area contributed by atoms with Crippen molar-refractivity contribution in [3.63, 3.8) is 0 Å². The number of ketones is 1. The fourth-order valence-corrected chi connectivity index (χ4v) is 3.52. The van der Waals surface area contributed by atoms with E-state index in [0.717, 1.165) is 6.42 Å². The zero-order valence-electron chi connectivity index (χ0n) is 9.14.